The molecule has 0 fully saturated rings. The number of aromatic amines is 1. The molecule has 3 N–H and O–H groups in total. The number of hydrogen-bond acceptors (Lipinski definition) is 6. The van der Waals surface area contributed by atoms with Gasteiger partial charge in [0.1, 0.15) is 17.4 Å². The van der Waals surface area contributed by atoms with Crippen LogP contribution in [-0.4, -0.2) is 39.3 Å². The number of benzene rings is 2. The summed E-state index contributed by atoms with van der Waals surface area (Å²) in [7, 11) is 0. The molecule has 2 aromatic carbocycles. The maximum atomic E-state index is 12.6. The van der Waals surface area contributed by atoms with E-state index in [0.717, 1.165) is 17.3 Å². The average Bonchev–Trinajstić information content (AvgIpc) is 3.31. The number of nitriles is 1. The van der Waals surface area contributed by atoms with Gasteiger partial charge in [-0.3, -0.25) is 4.79 Å². The normalized spacial score (nSPS) is 10.9. The van der Waals surface area contributed by atoms with Crippen LogP contribution in [0.2, 0.25) is 0 Å². The lowest BCUT2D eigenvalue weighted by Crippen LogP contribution is -2.14. The number of para-hydroxylation sites is 1. The monoisotopic (exact) mass is 448 g/mol. The van der Waals surface area contributed by atoms with Crippen LogP contribution in [0.4, 0.5) is 5.69 Å². The number of imidazole rings is 1. The van der Waals surface area contributed by atoms with Gasteiger partial charge >= 0.3 is 5.97 Å². The van der Waals surface area contributed by atoms with Crippen LogP contribution < -0.4 is 10.1 Å². The number of aromatic nitrogens is 2. The zero-order valence-corrected chi connectivity index (χ0v) is 17.8. The van der Waals surface area contributed by atoms with E-state index >= 15 is 0 Å². The maximum Gasteiger partial charge on any atom is 0.335 e. The average molecular weight is 449 g/mol. The van der Waals surface area contributed by atoms with Crippen molar-refractivity contribution in [3.05, 3.63) is 77.6 Å². The van der Waals surface area contributed by atoms with Gasteiger partial charge in [0.2, 0.25) is 0 Å². The molecule has 0 saturated heterocycles. The lowest BCUT2D eigenvalue weighted by atomic mass is 10.1. The molecule has 0 saturated carbocycles. The van der Waals surface area contributed by atoms with Crippen molar-refractivity contribution < 1.29 is 19.4 Å². The van der Waals surface area contributed by atoms with Gasteiger partial charge in [-0.25, -0.2) is 9.78 Å². The molecule has 0 atom stereocenters. The molecular formula is C23H20N4O4S. The van der Waals surface area contributed by atoms with Crippen LogP contribution in [0.3, 0.4) is 0 Å². The molecule has 8 nitrogen and oxygen atoms in total. The van der Waals surface area contributed by atoms with Crippen LogP contribution in [0.1, 0.15) is 22.3 Å². The number of ether oxygens (including phenoxy) is 1. The standard InChI is InChI=1S/C23H20N4O4S/c24-15-18(21(28)27-19-7-3-6-17(14-19)22(29)30)13-16-5-1-2-8-20(16)31-11-4-12-32-23-25-9-10-26-23/h1-3,5-10,13-14H,4,11-12H2,(H,25,26)(H,27,28)(H,29,30)/b18-13+. The van der Waals surface area contributed by atoms with Gasteiger partial charge in [0.25, 0.3) is 5.91 Å². The molecule has 3 aromatic rings. The Balaban J connectivity index is 1.63. The molecule has 1 amide bonds. The molecule has 162 valence electrons. The van der Waals surface area contributed by atoms with Crippen LogP contribution in [0, 0.1) is 11.3 Å². The zero-order valence-electron chi connectivity index (χ0n) is 16.9. The van der Waals surface area contributed by atoms with Crippen molar-refractivity contribution >= 4 is 35.4 Å². The second-order valence-electron chi connectivity index (χ2n) is 6.49. The van der Waals surface area contributed by atoms with Gasteiger partial charge in [-0.15, -0.1) is 0 Å². The minimum absolute atomic E-state index is 0.0363. The van der Waals surface area contributed by atoms with Gasteiger partial charge in [-0.2, -0.15) is 5.26 Å². The summed E-state index contributed by atoms with van der Waals surface area (Å²) < 4.78 is 5.85. The summed E-state index contributed by atoms with van der Waals surface area (Å²) in [5, 5.41) is 22.0. The Morgan fingerprint density at radius 3 is 2.84 bits per heavy atom. The Labute approximate surface area is 189 Å². The number of carboxylic acid groups (broad SMARTS) is 1. The number of carbonyl (C=O) groups excluding carboxylic acids is 1. The summed E-state index contributed by atoms with van der Waals surface area (Å²) >= 11 is 1.60. The third kappa shape index (κ3) is 6.48. The maximum absolute atomic E-state index is 12.6. The molecule has 1 heterocycles. The number of thioether (sulfide) groups is 1. The Kier molecular flexibility index (Phi) is 8.06. The van der Waals surface area contributed by atoms with Crippen molar-refractivity contribution in [1.82, 2.24) is 9.97 Å². The second kappa shape index (κ2) is 11.4. The van der Waals surface area contributed by atoms with Crippen molar-refractivity contribution in [1.29, 1.82) is 5.26 Å². The van der Waals surface area contributed by atoms with E-state index in [0.29, 0.717) is 17.9 Å². The number of amides is 1. The van der Waals surface area contributed by atoms with Crippen LogP contribution >= 0.6 is 11.8 Å². The first kappa shape index (κ1) is 22.7. The minimum Gasteiger partial charge on any atom is -0.493 e. The Hall–Kier alpha value is -4.03. The SMILES string of the molecule is N#C/C(=C\c1ccccc1OCCCSc1ncc[nH]1)C(=O)Nc1cccc(C(=O)O)c1. The van der Waals surface area contributed by atoms with E-state index in [1.807, 2.05) is 12.1 Å². The van der Waals surface area contributed by atoms with Crippen molar-refractivity contribution in [3.8, 4) is 11.8 Å². The Morgan fingerprint density at radius 2 is 2.09 bits per heavy atom. The Morgan fingerprint density at radius 1 is 1.25 bits per heavy atom. The predicted octanol–water partition coefficient (Wildman–Crippen LogP) is 4.21. The molecule has 0 spiro atoms. The van der Waals surface area contributed by atoms with Crippen molar-refractivity contribution in [2.75, 3.05) is 17.7 Å². The van der Waals surface area contributed by atoms with E-state index < -0.39 is 11.9 Å². The number of H-pyrrole nitrogens is 1. The van der Waals surface area contributed by atoms with E-state index in [4.69, 9.17) is 9.84 Å². The summed E-state index contributed by atoms with van der Waals surface area (Å²) in [6.07, 6.45) is 5.71. The summed E-state index contributed by atoms with van der Waals surface area (Å²) in [4.78, 5) is 30.8. The third-order valence-electron chi connectivity index (χ3n) is 4.21. The number of hydrogen-bond donors (Lipinski definition) is 3. The first-order chi connectivity index (χ1) is 15.6. The minimum atomic E-state index is -1.11. The quantitative estimate of drug-likeness (QED) is 0.183. The summed E-state index contributed by atoms with van der Waals surface area (Å²) in [5.41, 5.74) is 0.788. The lowest BCUT2D eigenvalue weighted by Gasteiger charge is -2.10. The first-order valence-corrected chi connectivity index (χ1v) is 10.7. The van der Waals surface area contributed by atoms with Gasteiger partial charge in [0.15, 0.2) is 5.16 Å². The fourth-order valence-electron chi connectivity index (χ4n) is 2.70. The lowest BCUT2D eigenvalue weighted by molar-refractivity contribution is -0.112. The summed E-state index contributed by atoms with van der Waals surface area (Å²) in [5.74, 6) is -0.360. The fraction of sp³-hybridized carbons (Fsp3) is 0.130. The molecule has 1 aromatic heterocycles. The van der Waals surface area contributed by atoms with Crippen molar-refractivity contribution in [3.63, 3.8) is 0 Å². The van der Waals surface area contributed by atoms with E-state index in [9.17, 15) is 14.9 Å². The molecule has 0 aliphatic heterocycles. The smallest absolute Gasteiger partial charge is 0.335 e. The van der Waals surface area contributed by atoms with Crippen LogP contribution in [0.25, 0.3) is 6.08 Å². The fourth-order valence-corrected chi connectivity index (χ4v) is 3.45. The van der Waals surface area contributed by atoms with Gasteiger partial charge in [-0.1, -0.05) is 36.0 Å². The van der Waals surface area contributed by atoms with Crippen LogP contribution in [0.15, 0.2) is 71.7 Å². The summed E-state index contributed by atoms with van der Waals surface area (Å²) in [6.45, 7) is 0.467. The number of nitrogens with zero attached hydrogens (tertiary/aromatic N) is 2. The molecule has 3 rings (SSSR count). The van der Waals surface area contributed by atoms with Crippen LogP contribution in [0.5, 0.6) is 5.75 Å². The molecule has 32 heavy (non-hydrogen) atoms. The zero-order chi connectivity index (χ0) is 22.8. The number of anilines is 1. The van der Waals surface area contributed by atoms with Gasteiger partial charge in [-0.05, 0) is 36.8 Å². The number of aromatic carboxylic acids is 1. The highest BCUT2D eigenvalue weighted by molar-refractivity contribution is 7.99. The molecule has 0 aliphatic rings. The number of carboxylic acids is 1. The van der Waals surface area contributed by atoms with Gasteiger partial charge in [0, 0.05) is 29.4 Å². The Bertz CT molecular complexity index is 1150. The first-order valence-electron chi connectivity index (χ1n) is 9.67. The summed E-state index contributed by atoms with van der Waals surface area (Å²) in [6, 6.07) is 14.8. The van der Waals surface area contributed by atoms with E-state index in [1.54, 1.807) is 48.4 Å². The van der Waals surface area contributed by atoms with Crippen molar-refractivity contribution in [2.45, 2.75) is 11.6 Å². The topological polar surface area (TPSA) is 128 Å². The molecular weight excluding hydrogens is 428 g/mol. The molecule has 0 aliphatic carbocycles. The second-order valence-corrected chi connectivity index (χ2v) is 7.58. The molecule has 0 radical (unpaired) electrons. The predicted molar refractivity (Wildman–Crippen MR) is 121 cm³/mol. The van der Waals surface area contributed by atoms with Gasteiger partial charge in [0.05, 0.1) is 12.2 Å². The highest BCUT2D eigenvalue weighted by Crippen LogP contribution is 2.22. The van der Waals surface area contributed by atoms with E-state index in [-0.39, 0.29) is 16.8 Å². The molecule has 0 unspecified atom stereocenters. The van der Waals surface area contributed by atoms with E-state index in [2.05, 4.69) is 15.3 Å². The van der Waals surface area contributed by atoms with E-state index in [1.165, 1.54) is 24.3 Å². The number of rotatable bonds is 10. The van der Waals surface area contributed by atoms with Gasteiger partial charge < -0.3 is 20.1 Å². The molecule has 9 heteroatoms. The molecule has 0 bridgehead atoms. The third-order valence-corrected chi connectivity index (χ3v) is 5.20. The van der Waals surface area contributed by atoms with Crippen LogP contribution in [-0.2, 0) is 4.79 Å². The highest BCUT2D eigenvalue weighted by atomic mass is 32.2. The van der Waals surface area contributed by atoms with Crippen molar-refractivity contribution in [2.24, 2.45) is 0 Å². The number of carbonyl (C=O) groups is 2. The largest absolute Gasteiger partial charge is 0.493 e. The number of nitrogens with one attached hydrogen (secondary N) is 2. The highest BCUT2D eigenvalue weighted by Gasteiger charge is 2.12.